The van der Waals surface area contributed by atoms with Crippen molar-refractivity contribution in [3.05, 3.63) is 61.5 Å². The maximum absolute atomic E-state index is 12.7. The molecule has 0 bridgehead atoms. The van der Waals surface area contributed by atoms with E-state index >= 15 is 0 Å². The van der Waals surface area contributed by atoms with Crippen LogP contribution in [0.2, 0.25) is 0 Å². The van der Waals surface area contributed by atoms with Gasteiger partial charge in [0.15, 0.2) is 6.29 Å². The molecule has 1 aromatic heterocycles. The highest BCUT2D eigenvalue weighted by Gasteiger charge is 2.38. The van der Waals surface area contributed by atoms with Crippen LogP contribution in [0, 0.1) is 0 Å². The van der Waals surface area contributed by atoms with Gasteiger partial charge in [-0.1, -0.05) is 18.2 Å². The van der Waals surface area contributed by atoms with Crippen LogP contribution in [0.15, 0.2) is 50.2 Å². The first-order valence-corrected chi connectivity index (χ1v) is 12.0. The van der Waals surface area contributed by atoms with Crippen molar-refractivity contribution in [1.29, 1.82) is 0 Å². The summed E-state index contributed by atoms with van der Waals surface area (Å²) in [5.74, 6) is 1.44. The topological polar surface area (TPSA) is 89.8 Å². The van der Waals surface area contributed by atoms with Crippen LogP contribution >= 0.6 is 15.9 Å². The Bertz CT molecular complexity index is 1180. The number of benzene rings is 1. The molecule has 5 rings (SSSR count). The van der Waals surface area contributed by atoms with Crippen LogP contribution in [0.3, 0.4) is 0 Å². The molecule has 1 unspecified atom stereocenters. The van der Waals surface area contributed by atoms with E-state index in [0.29, 0.717) is 18.1 Å². The summed E-state index contributed by atoms with van der Waals surface area (Å²) in [7, 11) is 3.18. The smallest absolute Gasteiger partial charge is 0.332 e. The third-order valence-corrected chi connectivity index (χ3v) is 7.25. The molecule has 4 heterocycles. The van der Waals surface area contributed by atoms with Crippen molar-refractivity contribution >= 4 is 33.1 Å². The molecule has 0 aliphatic carbocycles. The van der Waals surface area contributed by atoms with Crippen molar-refractivity contribution in [2.75, 3.05) is 60.9 Å². The number of nitrogens with one attached hydrogen (secondary N) is 3. The molecule has 10 nitrogen and oxygen atoms in total. The minimum absolute atomic E-state index is 0.293. The van der Waals surface area contributed by atoms with Crippen LogP contribution in [0.4, 0.5) is 17.2 Å². The van der Waals surface area contributed by atoms with Crippen molar-refractivity contribution in [3.63, 3.8) is 0 Å². The number of aromatic nitrogens is 2. The number of para-hydroxylation sites is 1. The Balaban J connectivity index is 1.17. The number of halogens is 1. The molecule has 2 aromatic rings. The molecule has 0 saturated carbocycles. The summed E-state index contributed by atoms with van der Waals surface area (Å²) in [6, 6.07) is 10.6. The predicted octanol–water partition coefficient (Wildman–Crippen LogP) is 0.179. The first-order valence-electron chi connectivity index (χ1n) is 11.2. The number of anilines is 3. The molecule has 1 saturated heterocycles. The number of nitrogens with zero attached hydrogens (tertiary/aromatic N) is 5. The molecule has 176 valence electrons. The molecule has 1 fully saturated rings. The summed E-state index contributed by atoms with van der Waals surface area (Å²) < 4.78 is 3.57. The number of rotatable bonds is 5. The van der Waals surface area contributed by atoms with E-state index in [1.165, 1.54) is 17.3 Å². The zero-order chi connectivity index (χ0) is 23.1. The SMILES string of the molecule is Cn1c2c(c(=O)n(C)c1=O)N1CC(Br)=C(NCCN3CCN(c4ccccc4)CC3)NC1N2. The summed E-state index contributed by atoms with van der Waals surface area (Å²) in [5.41, 5.74) is 1.15. The van der Waals surface area contributed by atoms with E-state index in [4.69, 9.17) is 0 Å². The average molecular weight is 517 g/mol. The molecule has 3 aliphatic heterocycles. The van der Waals surface area contributed by atoms with Crippen LogP contribution in [0.25, 0.3) is 0 Å². The van der Waals surface area contributed by atoms with Crippen molar-refractivity contribution in [1.82, 2.24) is 24.7 Å². The van der Waals surface area contributed by atoms with Gasteiger partial charge in [0.25, 0.3) is 5.56 Å². The zero-order valence-corrected chi connectivity index (χ0v) is 20.4. The Labute approximate surface area is 200 Å². The van der Waals surface area contributed by atoms with Gasteiger partial charge in [-0.25, -0.2) is 4.79 Å². The van der Waals surface area contributed by atoms with E-state index in [0.717, 1.165) is 54.1 Å². The molecule has 0 amide bonds. The largest absolute Gasteiger partial charge is 0.370 e. The summed E-state index contributed by atoms with van der Waals surface area (Å²) in [6.07, 6.45) is -0.293. The lowest BCUT2D eigenvalue weighted by molar-refractivity contribution is 0.259. The highest BCUT2D eigenvalue weighted by Crippen LogP contribution is 2.33. The summed E-state index contributed by atoms with van der Waals surface area (Å²) >= 11 is 3.67. The van der Waals surface area contributed by atoms with Crippen molar-refractivity contribution in [2.45, 2.75) is 6.29 Å². The summed E-state index contributed by atoms with van der Waals surface area (Å²) in [5, 5.41) is 10.2. The van der Waals surface area contributed by atoms with Gasteiger partial charge in [0.2, 0.25) is 0 Å². The second-order valence-corrected chi connectivity index (χ2v) is 9.55. The monoisotopic (exact) mass is 516 g/mol. The minimum Gasteiger partial charge on any atom is -0.370 e. The molecular formula is C22H29BrN8O2. The Morgan fingerprint density at radius 1 is 1.03 bits per heavy atom. The number of hydrogen-bond acceptors (Lipinski definition) is 8. The van der Waals surface area contributed by atoms with Crippen LogP contribution in [0.1, 0.15) is 0 Å². The van der Waals surface area contributed by atoms with Crippen molar-refractivity contribution in [3.8, 4) is 0 Å². The lowest BCUT2D eigenvalue weighted by Crippen LogP contribution is -2.55. The maximum atomic E-state index is 12.7. The minimum atomic E-state index is -0.344. The second kappa shape index (κ2) is 8.79. The molecular weight excluding hydrogens is 488 g/mol. The molecule has 0 spiro atoms. The fraction of sp³-hybridized carbons (Fsp3) is 0.455. The van der Waals surface area contributed by atoms with Crippen LogP contribution in [-0.2, 0) is 14.1 Å². The number of hydrogen-bond donors (Lipinski definition) is 3. The normalized spacial score (nSPS) is 20.3. The molecule has 1 atom stereocenters. The van der Waals surface area contributed by atoms with Crippen molar-refractivity contribution in [2.24, 2.45) is 14.1 Å². The Morgan fingerprint density at radius 2 is 1.76 bits per heavy atom. The lowest BCUT2D eigenvalue weighted by Gasteiger charge is -2.37. The first kappa shape index (κ1) is 21.9. The fourth-order valence-corrected chi connectivity index (χ4v) is 5.19. The Kier molecular flexibility index (Phi) is 5.83. The van der Waals surface area contributed by atoms with Gasteiger partial charge in [0.05, 0.1) is 11.0 Å². The highest BCUT2D eigenvalue weighted by atomic mass is 79.9. The van der Waals surface area contributed by atoms with E-state index in [1.54, 1.807) is 7.05 Å². The maximum Gasteiger partial charge on any atom is 0.332 e. The van der Waals surface area contributed by atoms with Gasteiger partial charge in [0.1, 0.15) is 17.3 Å². The van der Waals surface area contributed by atoms with Gasteiger partial charge >= 0.3 is 5.69 Å². The van der Waals surface area contributed by atoms with Crippen LogP contribution < -0.4 is 37.0 Å². The van der Waals surface area contributed by atoms with E-state index in [9.17, 15) is 9.59 Å². The fourth-order valence-electron chi connectivity index (χ4n) is 4.67. The van der Waals surface area contributed by atoms with Gasteiger partial charge < -0.3 is 25.8 Å². The first-order chi connectivity index (χ1) is 15.9. The summed E-state index contributed by atoms with van der Waals surface area (Å²) in [6.45, 7) is 6.42. The van der Waals surface area contributed by atoms with Gasteiger partial charge in [-0.15, -0.1) is 0 Å². The van der Waals surface area contributed by atoms with Gasteiger partial charge in [0, 0.05) is 59.1 Å². The highest BCUT2D eigenvalue weighted by molar-refractivity contribution is 9.11. The van der Waals surface area contributed by atoms with E-state index in [1.807, 2.05) is 4.90 Å². The molecule has 3 N–H and O–H groups in total. The Morgan fingerprint density at radius 3 is 2.48 bits per heavy atom. The summed E-state index contributed by atoms with van der Waals surface area (Å²) in [4.78, 5) is 31.8. The average Bonchev–Trinajstić information content (AvgIpc) is 3.21. The van der Waals surface area contributed by atoms with E-state index < -0.39 is 0 Å². The third-order valence-electron chi connectivity index (χ3n) is 6.60. The van der Waals surface area contributed by atoms with E-state index in [2.05, 4.69) is 72.0 Å². The second-order valence-electron chi connectivity index (χ2n) is 8.59. The standard InChI is InChI=1S/C22H29BrN8O2/c1-27-19-17(20(32)28(2)22(27)33)31-14-16(23)18(25-21(31)26-19)24-8-9-29-10-12-30(13-11-29)15-6-4-3-5-7-15/h3-7,21,24-26H,8-14H2,1-2H3. The molecule has 11 heteroatoms. The van der Waals surface area contributed by atoms with E-state index in [-0.39, 0.29) is 17.5 Å². The molecule has 33 heavy (non-hydrogen) atoms. The molecule has 0 radical (unpaired) electrons. The third kappa shape index (κ3) is 3.99. The van der Waals surface area contributed by atoms with Crippen molar-refractivity contribution < 1.29 is 0 Å². The molecule has 3 aliphatic rings. The zero-order valence-electron chi connectivity index (χ0n) is 18.8. The van der Waals surface area contributed by atoms with Crippen LogP contribution in [0.5, 0.6) is 0 Å². The molecule has 1 aromatic carbocycles. The quantitative estimate of drug-likeness (QED) is 0.518. The Hall–Kier alpha value is -2.92. The van der Waals surface area contributed by atoms with Gasteiger partial charge in [-0.2, -0.15) is 0 Å². The van der Waals surface area contributed by atoms with Crippen LogP contribution in [-0.4, -0.2) is 66.1 Å². The number of fused-ring (bicyclic) bond motifs is 3. The predicted molar refractivity (Wildman–Crippen MR) is 134 cm³/mol. The van der Waals surface area contributed by atoms with Gasteiger partial charge in [-0.3, -0.25) is 18.8 Å². The number of piperazine rings is 1. The lowest BCUT2D eigenvalue weighted by atomic mass is 10.2. The van der Waals surface area contributed by atoms with Gasteiger partial charge in [-0.05, 0) is 28.1 Å².